The van der Waals surface area contributed by atoms with Crippen molar-refractivity contribution in [2.24, 2.45) is 0 Å². The Morgan fingerprint density at radius 1 is 0.818 bits per heavy atom. The number of nitrogens with zero attached hydrogens (tertiary/aromatic N) is 1. The van der Waals surface area contributed by atoms with Gasteiger partial charge >= 0.3 is 6.36 Å². The summed E-state index contributed by atoms with van der Waals surface area (Å²) in [5.74, 6) is -2.70. The number of nitriles is 1. The summed E-state index contributed by atoms with van der Waals surface area (Å²) in [4.78, 5) is -1.09. The summed E-state index contributed by atoms with van der Waals surface area (Å²) in [5, 5.41) is 9.87. The number of hydrogen-bond donors (Lipinski definition) is 0. The Balaban J connectivity index is 1.91. The maximum Gasteiger partial charge on any atom is 0.573 e. The minimum atomic E-state index is -4.81. The molecule has 0 N–H and O–H groups in total. The van der Waals surface area contributed by atoms with Crippen molar-refractivity contribution >= 4 is 11.8 Å². The second-order valence-corrected chi connectivity index (χ2v) is 7.30. The highest BCUT2D eigenvalue weighted by Crippen LogP contribution is 2.31. The van der Waals surface area contributed by atoms with Crippen molar-refractivity contribution in [3.8, 4) is 34.1 Å². The largest absolute Gasteiger partial charge is 0.573 e. The molecule has 3 aromatic rings. The predicted octanol–water partition coefficient (Wildman–Crippen LogP) is 7.09. The van der Waals surface area contributed by atoms with Crippen LogP contribution in [0.25, 0.3) is 11.1 Å². The molecular formula is C23H10F7NOS. The number of halogens is 7. The third-order valence-electron chi connectivity index (χ3n) is 4.34. The molecule has 0 bridgehead atoms. The number of alkyl halides is 3. The van der Waals surface area contributed by atoms with E-state index in [2.05, 4.69) is 16.6 Å². The quantitative estimate of drug-likeness (QED) is 0.132. The van der Waals surface area contributed by atoms with Crippen LogP contribution in [0.15, 0.2) is 47.4 Å². The highest BCUT2D eigenvalue weighted by Gasteiger charge is 2.31. The molecule has 0 aromatic heterocycles. The van der Waals surface area contributed by atoms with Gasteiger partial charge < -0.3 is 4.74 Å². The Labute approximate surface area is 187 Å². The summed E-state index contributed by atoms with van der Waals surface area (Å²) in [6, 6.07) is 9.81. The Bertz CT molecular complexity index is 1290. The van der Waals surface area contributed by atoms with Crippen LogP contribution in [-0.4, -0.2) is 6.36 Å². The number of aryl methyl sites for hydroxylation is 1. The Morgan fingerprint density at radius 2 is 1.39 bits per heavy atom. The minimum Gasteiger partial charge on any atom is -0.406 e. The summed E-state index contributed by atoms with van der Waals surface area (Å²) in [6.45, 7) is 1.62. The van der Waals surface area contributed by atoms with E-state index in [1.165, 1.54) is 23.6 Å². The summed E-state index contributed by atoms with van der Waals surface area (Å²) in [7, 11) is 0. The van der Waals surface area contributed by atoms with Gasteiger partial charge in [-0.3, -0.25) is 0 Å². The van der Waals surface area contributed by atoms with E-state index in [1.807, 2.05) is 0 Å². The van der Waals surface area contributed by atoms with Gasteiger partial charge in [0.25, 0.3) is 0 Å². The number of ether oxygens (including phenoxy) is 1. The van der Waals surface area contributed by atoms with E-state index in [0.717, 1.165) is 12.1 Å². The van der Waals surface area contributed by atoms with Gasteiger partial charge in [0, 0.05) is 5.56 Å². The number of hydrogen-bond acceptors (Lipinski definition) is 3. The lowest BCUT2D eigenvalue weighted by Crippen LogP contribution is -2.16. The van der Waals surface area contributed by atoms with Crippen LogP contribution >= 0.6 is 11.8 Å². The number of thioether (sulfide) groups is 1. The summed E-state index contributed by atoms with van der Waals surface area (Å²) in [6.07, 6.45) is -4.81. The monoisotopic (exact) mass is 481 g/mol. The van der Waals surface area contributed by atoms with Crippen LogP contribution in [0.1, 0.15) is 16.7 Å². The van der Waals surface area contributed by atoms with Crippen LogP contribution in [0.2, 0.25) is 0 Å². The molecule has 0 aliphatic rings. The molecule has 10 heteroatoms. The van der Waals surface area contributed by atoms with E-state index in [-0.39, 0.29) is 17.5 Å². The molecule has 0 saturated carbocycles. The van der Waals surface area contributed by atoms with Crippen LogP contribution in [0.4, 0.5) is 30.7 Å². The maximum atomic E-state index is 14.2. The van der Waals surface area contributed by atoms with E-state index in [0.29, 0.717) is 22.3 Å². The smallest absolute Gasteiger partial charge is 0.406 e. The standard InChI is InChI=1S/C23H10F7NOS/c1-12-10-15(14-4-7-16(8-5-14)32-23(28,29)30)3-2-13(12)6-9-17-18(24)20(26)22(33-11-31)21(27)19(17)25/h2-5,7-8,10H,1H3. The lowest BCUT2D eigenvalue weighted by molar-refractivity contribution is -0.274. The first kappa shape index (κ1) is 24.0. The van der Waals surface area contributed by atoms with Crippen molar-refractivity contribution in [2.75, 3.05) is 0 Å². The first-order chi connectivity index (χ1) is 15.5. The number of rotatable bonds is 3. The third kappa shape index (κ3) is 5.41. The fraction of sp³-hybridized carbons (Fsp3) is 0.0870. The number of thiocyanates is 1. The van der Waals surface area contributed by atoms with E-state index >= 15 is 0 Å². The predicted molar refractivity (Wildman–Crippen MR) is 107 cm³/mol. The Hall–Kier alpha value is -3.63. The van der Waals surface area contributed by atoms with Gasteiger partial charge in [-0.15, -0.1) is 13.2 Å². The fourth-order valence-corrected chi connectivity index (χ4v) is 3.27. The fourth-order valence-electron chi connectivity index (χ4n) is 2.82. The zero-order valence-electron chi connectivity index (χ0n) is 16.5. The molecule has 0 fully saturated rings. The lowest BCUT2D eigenvalue weighted by atomic mass is 9.99. The van der Waals surface area contributed by atoms with Crippen LogP contribution in [0.3, 0.4) is 0 Å². The highest BCUT2D eigenvalue weighted by atomic mass is 32.2. The third-order valence-corrected chi connectivity index (χ3v) is 4.99. The van der Waals surface area contributed by atoms with Crippen molar-refractivity contribution in [1.29, 1.82) is 5.26 Å². The van der Waals surface area contributed by atoms with Gasteiger partial charge in [0.2, 0.25) is 0 Å². The molecule has 3 aromatic carbocycles. The molecular weight excluding hydrogens is 471 g/mol. The van der Waals surface area contributed by atoms with Gasteiger partial charge in [0.1, 0.15) is 16.7 Å². The Morgan fingerprint density at radius 3 is 1.91 bits per heavy atom. The molecule has 0 radical (unpaired) electrons. The van der Waals surface area contributed by atoms with Gasteiger partial charge in [0.05, 0.1) is 4.90 Å². The molecule has 0 heterocycles. The zero-order chi connectivity index (χ0) is 24.3. The van der Waals surface area contributed by atoms with Gasteiger partial charge in [-0.25, -0.2) is 17.6 Å². The molecule has 3 rings (SSSR count). The zero-order valence-corrected chi connectivity index (χ0v) is 17.3. The molecule has 0 unspecified atom stereocenters. The van der Waals surface area contributed by atoms with Crippen molar-refractivity contribution in [2.45, 2.75) is 18.2 Å². The van der Waals surface area contributed by atoms with E-state index < -0.39 is 40.1 Å². The molecule has 0 amide bonds. The average Bonchev–Trinajstić information content (AvgIpc) is 2.75. The second-order valence-electron chi connectivity index (χ2n) is 6.51. The van der Waals surface area contributed by atoms with Crippen LogP contribution in [0.5, 0.6) is 5.75 Å². The van der Waals surface area contributed by atoms with Crippen molar-refractivity contribution in [3.05, 3.63) is 82.4 Å². The minimum absolute atomic E-state index is 0.0508. The van der Waals surface area contributed by atoms with Crippen LogP contribution in [-0.2, 0) is 0 Å². The maximum absolute atomic E-state index is 14.2. The summed E-state index contributed by atoms with van der Waals surface area (Å²) >= 11 is -0.0508. The van der Waals surface area contributed by atoms with Gasteiger partial charge in [-0.1, -0.05) is 36.1 Å². The SMILES string of the molecule is Cc1cc(-c2ccc(OC(F)(F)F)cc2)ccc1C#Cc1c(F)c(F)c(SC#N)c(F)c1F. The first-order valence-corrected chi connectivity index (χ1v) is 9.74. The van der Waals surface area contributed by atoms with E-state index in [4.69, 9.17) is 5.26 Å². The van der Waals surface area contributed by atoms with Crippen molar-refractivity contribution in [3.63, 3.8) is 0 Å². The van der Waals surface area contributed by atoms with Gasteiger partial charge in [0.15, 0.2) is 23.3 Å². The molecule has 0 spiro atoms. The van der Waals surface area contributed by atoms with E-state index in [9.17, 15) is 30.7 Å². The Kier molecular flexibility index (Phi) is 6.89. The van der Waals surface area contributed by atoms with Crippen LogP contribution in [0, 0.1) is 52.7 Å². The molecule has 0 saturated heterocycles. The van der Waals surface area contributed by atoms with Crippen molar-refractivity contribution < 1.29 is 35.5 Å². The molecule has 2 nitrogen and oxygen atoms in total. The van der Waals surface area contributed by atoms with Crippen LogP contribution < -0.4 is 4.74 Å². The molecule has 0 aliphatic heterocycles. The summed E-state index contributed by atoms with van der Waals surface area (Å²) in [5.41, 5.74) is 0.902. The highest BCUT2D eigenvalue weighted by molar-refractivity contribution is 8.03. The average molecular weight is 481 g/mol. The van der Waals surface area contributed by atoms with Gasteiger partial charge in [-0.2, -0.15) is 5.26 Å². The number of benzene rings is 3. The lowest BCUT2D eigenvalue weighted by Gasteiger charge is -2.10. The second kappa shape index (κ2) is 9.47. The molecule has 0 atom stereocenters. The summed E-state index contributed by atoms with van der Waals surface area (Å²) < 4.78 is 96.9. The normalized spacial score (nSPS) is 10.9. The molecule has 0 aliphatic carbocycles. The molecule has 168 valence electrons. The van der Waals surface area contributed by atoms with Gasteiger partial charge in [-0.05, 0) is 53.6 Å². The molecule has 33 heavy (non-hydrogen) atoms. The first-order valence-electron chi connectivity index (χ1n) is 8.92. The topological polar surface area (TPSA) is 33.0 Å². The van der Waals surface area contributed by atoms with E-state index in [1.54, 1.807) is 19.1 Å². The van der Waals surface area contributed by atoms with Crippen molar-refractivity contribution in [1.82, 2.24) is 0 Å².